The van der Waals surface area contributed by atoms with Gasteiger partial charge >= 0.3 is 0 Å². The third-order valence-corrected chi connectivity index (χ3v) is 5.45. The number of hydrogen-bond acceptors (Lipinski definition) is 5. The zero-order valence-electron chi connectivity index (χ0n) is 13.8. The molecule has 0 radical (unpaired) electrons. The second-order valence-electron chi connectivity index (χ2n) is 5.26. The number of hydrogen-bond donors (Lipinski definition) is 0. The van der Waals surface area contributed by atoms with Crippen LogP contribution >= 0.6 is 23.1 Å². The summed E-state index contributed by atoms with van der Waals surface area (Å²) in [6.45, 7) is 4.22. The van der Waals surface area contributed by atoms with E-state index < -0.39 is 0 Å². The van der Waals surface area contributed by atoms with Gasteiger partial charge < -0.3 is 9.47 Å². The van der Waals surface area contributed by atoms with E-state index in [-0.39, 0.29) is 5.91 Å². The highest BCUT2D eigenvalue weighted by Gasteiger charge is 2.17. The molecule has 2 aromatic heterocycles. The number of thioether (sulfide) groups is 1. The van der Waals surface area contributed by atoms with E-state index in [1.807, 2.05) is 59.5 Å². The fraction of sp³-hybridized carbons (Fsp3) is 0.167. The molecule has 1 amide bonds. The monoisotopic (exact) mass is 370 g/mol. The van der Waals surface area contributed by atoms with Crippen LogP contribution in [-0.4, -0.2) is 33.0 Å². The van der Waals surface area contributed by atoms with Crippen LogP contribution in [0.2, 0.25) is 0 Å². The molecule has 0 atom stereocenters. The van der Waals surface area contributed by atoms with Crippen LogP contribution in [0.15, 0.2) is 65.7 Å². The van der Waals surface area contributed by atoms with Crippen molar-refractivity contribution >= 4 is 34.7 Å². The number of thiophene rings is 1. The second-order valence-corrected chi connectivity index (χ2v) is 7.15. The lowest BCUT2D eigenvalue weighted by Crippen LogP contribution is -2.32. The fourth-order valence-electron chi connectivity index (χ4n) is 2.35. The molecule has 5 nitrogen and oxygen atoms in total. The second kappa shape index (κ2) is 8.13. The minimum Gasteiger partial charge on any atom is -0.308 e. The topological polar surface area (TPSA) is 51.0 Å². The van der Waals surface area contributed by atoms with Gasteiger partial charge in [-0.3, -0.25) is 4.79 Å². The normalized spacial score (nSPS) is 10.6. The van der Waals surface area contributed by atoms with Crippen molar-refractivity contribution in [3.8, 4) is 10.7 Å². The summed E-state index contributed by atoms with van der Waals surface area (Å²) in [7, 11) is 1.92. The average molecular weight is 371 g/mol. The average Bonchev–Trinajstić information content (AvgIpc) is 3.28. The van der Waals surface area contributed by atoms with Crippen molar-refractivity contribution < 1.29 is 4.79 Å². The maximum atomic E-state index is 12.7. The van der Waals surface area contributed by atoms with Crippen LogP contribution in [0.4, 0.5) is 5.69 Å². The molecular weight excluding hydrogens is 352 g/mol. The van der Waals surface area contributed by atoms with Gasteiger partial charge in [-0.2, -0.15) is 0 Å². The summed E-state index contributed by atoms with van der Waals surface area (Å²) in [5.41, 5.74) is 0.866. The number of nitrogens with zero attached hydrogens (tertiary/aromatic N) is 4. The molecule has 0 fully saturated rings. The maximum Gasteiger partial charge on any atom is 0.237 e. The molecular formula is C18H18N4OS2. The Bertz CT molecular complexity index is 843. The molecule has 1 aromatic carbocycles. The Hall–Kier alpha value is -2.38. The number of benzene rings is 1. The van der Waals surface area contributed by atoms with Crippen LogP contribution in [0, 0.1) is 0 Å². The van der Waals surface area contributed by atoms with Crippen molar-refractivity contribution in [2.75, 3.05) is 17.2 Å². The highest BCUT2D eigenvalue weighted by Crippen LogP contribution is 2.26. The SMILES string of the molecule is C=CCN(C(=O)CSc1nnc(-c2cccs2)n1C)c1ccccc1. The van der Waals surface area contributed by atoms with E-state index in [4.69, 9.17) is 0 Å². The molecule has 3 rings (SSSR count). The molecule has 0 aliphatic carbocycles. The zero-order valence-corrected chi connectivity index (χ0v) is 15.5. The molecule has 2 heterocycles. The molecule has 0 bridgehead atoms. The van der Waals surface area contributed by atoms with Gasteiger partial charge in [0.05, 0.1) is 10.6 Å². The Morgan fingerprint density at radius 3 is 2.76 bits per heavy atom. The molecule has 0 aliphatic rings. The first kappa shape index (κ1) is 17.4. The summed E-state index contributed by atoms with van der Waals surface area (Å²) in [6.07, 6.45) is 1.73. The number of para-hydroxylation sites is 1. The summed E-state index contributed by atoms with van der Waals surface area (Å²) >= 11 is 3.01. The first-order valence-electron chi connectivity index (χ1n) is 7.73. The number of aromatic nitrogens is 3. The molecule has 0 N–H and O–H groups in total. The van der Waals surface area contributed by atoms with Gasteiger partial charge in [0.25, 0.3) is 0 Å². The maximum absolute atomic E-state index is 12.7. The Labute approximate surface area is 155 Å². The molecule has 7 heteroatoms. The molecule has 0 spiro atoms. The third-order valence-electron chi connectivity index (χ3n) is 3.58. The predicted molar refractivity (Wildman–Crippen MR) is 104 cm³/mol. The van der Waals surface area contributed by atoms with E-state index in [9.17, 15) is 4.79 Å². The molecule has 128 valence electrons. The van der Waals surface area contributed by atoms with Crippen LogP contribution in [0.25, 0.3) is 10.7 Å². The number of carbonyl (C=O) groups is 1. The van der Waals surface area contributed by atoms with Gasteiger partial charge in [0.2, 0.25) is 5.91 Å². The van der Waals surface area contributed by atoms with E-state index in [1.165, 1.54) is 11.8 Å². The standard InChI is InChI=1S/C18H18N4OS2/c1-3-11-22(14-8-5-4-6-9-14)16(23)13-25-18-20-19-17(21(18)2)15-10-7-12-24-15/h3-10,12H,1,11,13H2,2H3. The number of amides is 1. The zero-order chi connectivity index (χ0) is 17.6. The summed E-state index contributed by atoms with van der Waals surface area (Å²) in [4.78, 5) is 15.4. The highest BCUT2D eigenvalue weighted by atomic mass is 32.2. The lowest BCUT2D eigenvalue weighted by Gasteiger charge is -2.21. The Kier molecular flexibility index (Phi) is 5.67. The molecule has 3 aromatic rings. The van der Waals surface area contributed by atoms with Crippen LogP contribution < -0.4 is 4.90 Å². The highest BCUT2D eigenvalue weighted by molar-refractivity contribution is 7.99. The molecule has 0 aliphatic heterocycles. The van der Waals surface area contributed by atoms with E-state index in [2.05, 4.69) is 16.8 Å². The smallest absolute Gasteiger partial charge is 0.237 e. The molecule has 0 saturated heterocycles. The summed E-state index contributed by atoms with van der Waals surface area (Å²) in [5, 5.41) is 11.2. The van der Waals surface area contributed by atoms with Gasteiger partial charge in [-0.05, 0) is 23.6 Å². The lowest BCUT2D eigenvalue weighted by molar-refractivity contribution is -0.116. The van der Waals surface area contributed by atoms with Crippen molar-refractivity contribution in [2.24, 2.45) is 7.05 Å². The predicted octanol–water partition coefficient (Wildman–Crippen LogP) is 3.85. The van der Waals surface area contributed by atoms with Gasteiger partial charge in [0, 0.05) is 19.3 Å². The van der Waals surface area contributed by atoms with Gasteiger partial charge in [0.15, 0.2) is 11.0 Å². The van der Waals surface area contributed by atoms with Crippen molar-refractivity contribution in [1.82, 2.24) is 14.8 Å². The molecule has 0 saturated carbocycles. The van der Waals surface area contributed by atoms with Crippen LogP contribution in [0.5, 0.6) is 0 Å². The summed E-state index contributed by atoms with van der Waals surface area (Å²) in [5.74, 6) is 1.12. The van der Waals surface area contributed by atoms with Gasteiger partial charge in [-0.15, -0.1) is 28.1 Å². The van der Waals surface area contributed by atoms with E-state index >= 15 is 0 Å². The van der Waals surface area contributed by atoms with Crippen LogP contribution in [-0.2, 0) is 11.8 Å². The van der Waals surface area contributed by atoms with Crippen molar-refractivity contribution in [1.29, 1.82) is 0 Å². The summed E-state index contributed by atoms with van der Waals surface area (Å²) in [6, 6.07) is 13.6. The van der Waals surface area contributed by atoms with E-state index in [0.717, 1.165) is 21.5 Å². The first-order valence-corrected chi connectivity index (χ1v) is 9.59. The third kappa shape index (κ3) is 4.00. The number of anilines is 1. The Morgan fingerprint density at radius 1 is 1.28 bits per heavy atom. The Balaban J connectivity index is 1.70. The number of carbonyl (C=O) groups excluding carboxylic acids is 1. The van der Waals surface area contributed by atoms with Gasteiger partial charge in [-0.25, -0.2) is 0 Å². The fourth-order valence-corrected chi connectivity index (χ4v) is 3.88. The summed E-state index contributed by atoms with van der Waals surface area (Å²) < 4.78 is 1.92. The van der Waals surface area contributed by atoms with E-state index in [0.29, 0.717) is 12.3 Å². The largest absolute Gasteiger partial charge is 0.308 e. The molecule has 0 unspecified atom stereocenters. The Morgan fingerprint density at radius 2 is 2.08 bits per heavy atom. The first-order chi connectivity index (χ1) is 12.2. The number of rotatable bonds is 7. The minimum atomic E-state index is 0.0109. The molecule has 25 heavy (non-hydrogen) atoms. The van der Waals surface area contributed by atoms with Gasteiger partial charge in [-0.1, -0.05) is 42.1 Å². The lowest BCUT2D eigenvalue weighted by atomic mass is 10.3. The minimum absolute atomic E-state index is 0.0109. The van der Waals surface area contributed by atoms with Crippen molar-refractivity contribution in [3.05, 3.63) is 60.5 Å². The van der Waals surface area contributed by atoms with E-state index in [1.54, 1.807) is 22.3 Å². The van der Waals surface area contributed by atoms with Crippen molar-refractivity contribution in [3.63, 3.8) is 0 Å². The van der Waals surface area contributed by atoms with Gasteiger partial charge in [0.1, 0.15) is 0 Å². The van der Waals surface area contributed by atoms with Crippen molar-refractivity contribution in [2.45, 2.75) is 5.16 Å². The van der Waals surface area contributed by atoms with Crippen LogP contribution in [0.3, 0.4) is 0 Å². The van der Waals surface area contributed by atoms with Crippen LogP contribution in [0.1, 0.15) is 0 Å². The quantitative estimate of drug-likeness (QED) is 0.468.